The van der Waals surface area contributed by atoms with E-state index in [1.165, 1.54) is 6.08 Å². The first-order chi connectivity index (χ1) is 8.27. The molecule has 1 fully saturated rings. The smallest absolute Gasteiger partial charge is 0.170 e. The van der Waals surface area contributed by atoms with Crippen LogP contribution in [0.15, 0.2) is 42.5 Å². The summed E-state index contributed by atoms with van der Waals surface area (Å²) in [6.07, 6.45) is 3.78. The van der Waals surface area contributed by atoms with E-state index in [9.17, 15) is 4.79 Å². The lowest BCUT2D eigenvalue weighted by molar-refractivity contribution is -0.104. The van der Waals surface area contributed by atoms with Crippen molar-refractivity contribution in [1.82, 2.24) is 0 Å². The molecule has 3 heteroatoms. The van der Waals surface area contributed by atoms with E-state index in [0.717, 1.165) is 11.8 Å². The molecule has 3 nitrogen and oxygen atoms in total. The number of carbonyl (C=O) groups excluding carboxylic acids is 1. The largest absolute Gasteiger partial charge is 0.349 e. The predicted molar refractivity (Wildman–Crippen MR) is 64.7 cm³/mol. The third-order valence-corrected chi connectivity index (χ3v) is 3.03. The number of ether oxygens (including phenoxy) is 2. The Balaban J connectivity index is 2.35. The van der Waals surface area contributed by atoms with Crippen LogP contribution in [-0.2, 0) is 19.7 Å². The van der Waals surface area contributed by atoms with E-state index in [0.29, 0.717) is 13.2 Å². The fraction of sp³-hybridized carbons (Fsp3) is 0.357. The molecule has 2 rings (SSSR count). The van der Waals surface area contributed by atoms with Gasteiger partial charge in [0.25, 0.3) is 0 Å². The van der Waals surface area contributed by atoms with Crippen molar-refractivity contribution in [3.05, 3.63) is 48.0 Å². The Morgan fingerprint density at radius 2 is 1.88 bits per heavy atom. The molecule has 0 spiro atoms. The van der Waals surface area contributed by atoms with Crippen LogP contribution in [0.2, 0.25) is 0 Å². The van der Waals surface area contributed by atoms with Crippen LogP contribution in [0.25, 0.3) is 0 Å². The van der Waals surface area contributed by atoms with E-state index < -0.39 is 5.41 Å². The van der Waals surface area contributed by atoms with Gasteiger partial charge in [-0.3, -0.25) is 4.79 Å². The molecule has 0 aromatic heterocycles. The first-order valence-electron chi connectivity index (χ1n) is 5.69. The van der Waals surface area contributed by atoms with Crippen molar-refractivity contribution in [2.45, 2.75) is 18.6 Å². The normalized spacial score (nSPS) is 20.5. The molecule has 1 aromatic rings. The summed E-state index contributed by atoms with van der Waals surface area (Å²) in [6, 6.07) is 9.93. The summed E-state index contributed by atoms with van der Waals surface area (Å²) in [5.41, 5.74) is 0.642. The van der Waals surface area contributed by atoms with E-state index >= 15 is 0 Å². The lowest BCUT2D eigenvalue weighted by atomic mass is 9.81. The van der Waals surface area contributed by atoms with E-state index in [-0.39, 0.29) is 6.29 Å². The van der Waals surface area contributed by atoms with Crippen LogP contribution in [0.1, 0.15) is 12.5 Å². The molecular weight excluding hydrogens is 216 g/mol. The summed E-state index contributed by atoms with van der Waals surface area (Å²) >= 11 is 0. The molecule has 1 atom stereocenters. The molecule has 0 amide bonds. The number of allylic oxidation sites excluding steroid dienone is 1. The fourth-order valence-electron chi connectivity index (χ4n) is 2.05. The third-order valence-electron chi connectivity index (χ3n) is 3.03. The zero-order chi connectivity index (χ0) is 12.1. The van der Waals surface area contributed by atoms with Crippen molar-refractivity contribution >= 4 is 6.29 Å². The summed E-state index contributed by atoms with van der Waals surface area (Å²) in [7, 11) is 0. The van der Waals surface area contributed by atoms with Gasteiger partial charge < -0.3 is 9.47 Å². The van der Waals surface area contributed by atoms with E-state index in [2.05, 4.69) is 0 Å². The van der Waals surface area contributed by atoms with Gasteiger partial charge in [0.15, 0.2) is 6.29 Å². The minimum Gasteiger partial charge on any atom is -0.349 e. The molecule has 1 aliphatic heterocycles. The lowest BCUT2D eigenvalue weighted by Gasteiger charge is -2.31. The molecule has 0 saturated carbocycles. The highest BCUT2D eigenvalue weighted by Crippen LogP contribution is 2.33. The van der Waals surface area contributed by atoms with Gasteiger partial charge in [0.05, 0.1) is 18.6 Å². The van der Waals surface area contributed by atoms with Crippen molar-refractivity contribution in [3.8, 4) is 0 Å². The lowest BCUT2D eigenvalue weighted by Crippen LogP contribution is -2.35. The summed E-state index contributed by atoms with van der Waals surface area (Å²) < 4.78 is 11.2. The number of aldehydes is 1. The number of hydrogen-bond donors (Lipinski definition) is 0. The molecule has 90 valence electrons. The van der Waals surface area contributed by atoms with Crippen LogP contribution >= 0.6 is 0 Å². The molecule has 0 unspecified atom stereocenters. The van der Waals surface area contributed by atoms with Crippen LogP contribution < -0.4 is 0 Å². The van der Waals surface area contributed by atoms with Crippen LogP contribution in [0.3, 0.4) is 0 Å². The van der Waals surface area contributed by atoms with E-state index in [1.54, 1.807) is 0 Å². The Morgan fingerprint density at radius 1 is 1.24 bits per heavy atom. The summed E-state index contributed by atoms with van der Waals surface area (Å²) in [4.78, 5) is 10.5. The van der Waals surface area contributed by atoms with Gasteiger partial charge in [-0.25, -0.2) is 0 Å². The molecule has 0 N–H and O–H groups in total. The van der Waals surface area contributed by atoms with Gasteiger partial charge in [-0.2, -0.15) is 0 Å². The minimum absolute atomic E-state index is 0.332. The maximum Gasteiger partial charge on any atom is 0.170 e. The van der Waals surface area contributed by atoms with Crippen LogP contribution in [0.5, 0.6) is 0 Å². The summed E-state index contributed by atoms with van der Waals surface area (Å²) in [5.74, 6) is 0. The predicted octanol–water partition coefficient (Wildman–Crippen LogP) is 2.07. The van der Waals surface area contributed by atoms with Crippen molar-refractivity contribution in [1.29, 1.82) is 0 Å². The Kier molecular flexibility index (Phi) is 3.71. The molecular formula is C14H16O3. The maximum atomic E-state index is 10.5. The average Bonchev–Trinajstić information content (AvgIpc) is 2.91. The van der Waals surface area contributed by atoms with Crippen molar-refractivity contribution < 1.29 is 14.3 Å². The molecule has 1 heterocycles. The summed E-state index contributed by atoms with van der Waals surface area (Å²) in [6.45, 7) is 3.21. The Bertz CT molecular complexity index is 393. The standard InChI is InChI=1S/C14H16O3/c1-14(8-5-9-15,13-16-10-11-17-13)12-6-3-2-4-7-12/h2-9,13H,10-11H2,1H3/b8-5+/t14-/m0/s1. The third kappa shape index (κ3) is 2.46. The first-order valence-corrected chi connectivity index (χ1v) is 5.69. The van der Waals surface area contributed by atoms with E-state index in [4.69, 9.17) is 9.47 Å². The minimum atomic E-state index is -0.432. The molecule has 17 heavy (non-hydrogen) atoms. The van der Waals surface area contributed by atoms with Gasteiger partial charge in [-0.15, -0.1) is 0 Å². The molecule has 0 bridgehead atoms. The number of rotatable bonds is 4. The van der Waals surface area contributed by atoms with Gasteiger partial charge in [0, 0.05) is 0 Å². The van der Waals surface area contributed by atoms with Gasteiger partial charge in [-0.1, -0.05) is 36.4 Å². The second-order valence-corrected chi connectivity index (χ2v) is 4.22. The van der Waals surface area contributed by atoms with Gasteiger partial charge in [-0.05, 0) is 18.6 Å². The quantitative estimate of drug-likeness (QED) is 0.589. The second kappa shape index (κ2) is 5.25. The van der Waals surface area contributed by atoms with Crippen LogP contribution in [-0.4, -0.2) is 25.8 Å². The van der Waals surface area contributed by atoms with Gasteiger partial charge >= 0.3 is 0 Å². The number of carbonyl (C=O) groups is 1. The highest BCUT2D eigenvalue weighted by molar-refractivity contribution is 5.65. The highest BCUT2D eigenvalue weighted by Gasteiger charge is 2.37. The molecule has 0 radical (unpaired) electrons. The molecule has 0 aliphatic carbocycles. The Hall–Kier alpha value is -1.45. The number of benzene rings is 1. The zero-order valence-electron chi connectivity index (χ0n) is 9.84. The average molecular weight is 232 g/mol. The number of hydrogen-bond acceptors (Lipinski definition) is 3. The Morgan fingerprint density at radius 3 is 2.47 bits per heavy atom. The SMILES string of the molecule is C[C@](/C=C/C=O)(c1ccccc1)C1OCCO1. The molecule has 1 aromatic carbocycles. The highest BCUT2D eigenvalue weighted by atomic mass is 16.7. The van der Waals surface area contributed by atoms with Gasteiger partial charge in [0.1, 0.15) is 6.29 Å². The van der Waals surface area contributed by atoms with Crippen molar-refractivity contribution in [2.75, 3.05) is 13.2 Å². The van der Waals surface area contributed by atoms with Crippen LogP contribution in [0.4, 0.5) is 0 Å². The maximum absolute atomic E-state index is 10.5. The molecule has 1 saturated heterocycles. The zero-order valence-corrected chi connectivity index (χ0v) is 9.84. The monoisotopic (exact) mass is 232 g/mol. The van der Waals surface area contributed by atoms with Crippen LogP contribution in [0, 0.1) is 0 Å². The molecule has 1 aliphatic rings. The van der Waals surface area contributed by atoms with E-state index in [1.807, 2.05) is 43.3 Å². The topological polar surface area (TPSA) is 35.5 Å². The first kappa shape index (κ1) is 12.0. The second-order valence-electron chi connectivity index (χ2n) is 4.22. The fourth-order valence-corrected chi connectivity index (χ4v) is 2.05. The summed E-state index contributed by atoms with van der Waals surface area (Å²) in [5, 5.41) is 0. The van der Waals surface area contributed by atoms with Gasteiger partial charge in [0.2, 0.25) is 0 Å². The van der Waals surface area contributed by atoms with Crippen molar-refractivity contribution in [2.24, 2.45) is 0 Å². The van der Waals surface area contributed by atoms with Crippen molar-refractivity contribution in [3.63, 3.8) is 0 Å². The Labute approximate surface area is 101 Å².